The van der Waals surface area contributed by atoms with Crippen LogP contribution in [0.15, 0.2) is 12.2 Å². The third kappa shape index (κ3) is 2.84. The summed E-state index contributed by atoms with van der Waals surface area (Å²) in [5, 5.41) is 0. The van der Waals surface area contributed by atoms with E-state index in [9.17, 15) is 19.2 Å². The van der Waals surface area contributed by atoms with Gasteiger partial charge in [-0.25, -0.2) is 0 Å². The van der Waals surface area contributed by atoms with E-state index in [2.05, 4.69) is 6.92 Å². The van der Waals surface area contributed by atoms with Gasteiger partial charge in [0.15, 0.2) is 11.2 Å². The van der Waals surface area contributed by atoms with E-state index in [1.807, 2.05) is 12.2 Å². The molecule has 0 aliphatic heterocycles. The zero-order valence-corrected chi connectivity index (χ0v) is 17.8. The van der Waals surface area contributed by atoms with E-state index >= 15 is 0 Å². The van der Waals surface area contributed by atoms with Crippen molar-refractivity contribution < 1.29 is 33.4 Å². The maximum atomic E-state index is 12.8. The minimum atomic E-state index is -1.31. The molecule has 0 N–H and O–H groups in total. The monoisotopic (exact) mass is 406 g/mol. The number of hydrogen-bond acceptors (Lipinski definition) is 7. The van der Waals surface area contributed by atoms with Crippen LogP contribution in [0.25, 0.3) is 0 Å². The van der Waals surface area contributed by atoms with Gasteiger partial charge in [-0.1, -0.05) is 19.1 Å². The number of methoxy groups -OCH3 is 3. The van der Waals surface area contributed by atoms with Crippen molar-refractivity contribution in [1.29, 1.82) is 0 Å². The third-order valence-corrected chi connectivity index (χ3v) is 7.95. The molecular formula is C22H30O7. The molecule has 3 aliphatic rings. The maximum Gasteiger partial charge on any atom is 0.323 e. The van der Waals surface area contributed by atoms with E-state index in [1.54, 1.807) is 6.92 Å². The first-order chi connectivity index (χ1) is 13.6. The Labute approximate surface area is 171 Å². The second-order valence-corrected chi connectivity index (χ2v) is 9.06. The molecule has 0 bridgehead atoms. The van der Waals surface area contributed by atoms with Crippen molar-refractivity contribution in [3.63, 3.8) is 0 Å². The summed E-state index contributed by atoms with van der Waals surface area (Å²) in [6.07, 6.45) is 6.12. The van der Waals surface area contributed by atoms with E-state index < -0.39 is 28.7 Å². The van der Waals surface area contributed by atoms with Gasteiger partial charge in [0.25, 0.3) is 0 Å². The SMILES string of the molecule is COC(=O)C1(C(=O)OC)CC[C@@H]2[C@H](C=C[C@H]3[C@@](C)(C(=O)OC)C(=O)CC[C@]23C)C1. The number of carbonyl (C=O) groups is 4. The van der Waals surface area contributed by atoms with Crippen LogP contribution in [-0.2, 0) is 33.4 Å². The molecule has 0 spiro atoms. The number of carbonyl (C=O) groups excluding carboxylic acids is 4. The van der Waals surface area contributed by atoms with E-state index in [4.69, 9.17) is 14.2 Å². The lowest BCUT2D eigenvalue weighted by Crippen LogP contribution is -2.59. The van der Waals surface area contributed by atoms with Gasteiger partial charge in [0, 0.05) is 12.3 Å². The lowest BCUT2D eigenvalue weighted by molar-refractivity contribution is -0.179. The van der Waals surface area contributed by atoms with E-state index in [1.165, 1.54) is 21.3 Å². The van der Waals surface area contributed by atoms with Crippen molar-refractivity contribution in [3.8, 4) is 0 Å². The second-order valence-electron chi connectivity index (χ2n) is 9.06. The zero-order valence-electron chi connectivity index (χ0n) is 17.8. The van der Waals surface area contributed by atoms with Gasteiger partial charge in [0.1, 0.15) is 5.41 Å². The summed E-state index contributed by atoms with van der Waals surface area (Å²) in [6, 6.07) is 0. The van der Waals surface area contributed by atoms with Gasteiger partial charge >= 0.3 is 17.9 Å². The highest BCUT2D eigenvalue weighted by Crippen LogP contribution is 2.62. The number of ketones is 1. The summed E-state index contributed by atoms with van der Waals surface area (Å²) in [5.74, 6) is -1.92. The first-order valence-corrected chi connectivity index (χ1v) is 10.1. The minimum Gasteiger partial charge on any atom is -0.468 e. The normalized spacial score (nSPS) is 37.7. The Balaban J connectivity index is 2.02. The fourth-order valence-electron chi connectivity index (χ4n) is 6.29. The molecule has 0 aromatic heterocycles. The Morgan fingerprint density at radius 1 is 0.931 bits per heavy atom. The van der Waals surface area contributed by atoms with Gasteiger partial charge in [-0.3, -0.25) is 19.2 Å². The van der Waals surface area contributed by atoms with Crippen LogP contribution in [-0.4, -0.2) is 45.0 Å². The smallest absolute Gasteiger partial charge is 0.323 e. The number of rotatable bonds is 3. The van der Waals surface area contributed by atoms with E-state index in [0.29, 0.717) is 32.1 Å². The number of Topliss-reactive ketones (excluding diaryl/α,β-unsaturated/α-hetero) is 1. The van der Waals surface area contributed by atoms with Crippen LogP contribution in [0.1, 0.15) is 46.0 Å². The minimum absolute atomic E-state index is 0.0432. The lowest BCUT2D eigenvalue weighted by atomic mass is 9.44. The van der Waals surface area contributed by atoms with Gasteiger partial charge in [-0.05, 0) is 49.9 Å². The first-order valence-electron chi connectivity index (χ1n) is 10.1. The van der Waals surface area contributed by atoms with Gasteiger partial charge in [-0.2, -0.15) is 0 Å². The molecular weight excluding hydrogens is 376 g/mol. The molecule has 0 amide bonds. The molecule has 0 radical (unpaired) electrons. The molecule has 7 nitrogen and oxygen atoms in total. The van der Waals surface area contributed by atoms with Crippen molar-refractivity contribution in [1.82, 2.24) is 0 Å². The molecule has 0 aromatic rings. The maximum absolute atomic E-state index is 12.8. The molecule has 160 valence electrons. The largest absolute Gasteiger partial charge is 0.468 e. The van der Waals surface area contributed by atoms with Crippen molar-refractivity contribution in [2.75, 3.05) is 21.3 Å². The fraction of sp³-hybridized carbons (Fsp3) is 0.727. The van der Waals surface area contributed by atoms with Crippen LogP contribution in [0.5, 0.6) is 0 Å². The molecule has 0 aromatic carbocycles. The van der Waals surface area contributed by atoms with Gasteiger partial charge < -0.3 is 14.2 Å². The Bertz CT molecular complexity index is 743. The Morgan fingerprint density at radius 2 is 1.52 bits per heavy atom. The predicted octanol–water partition coefficient (Wildman–Crippen LogP) is 2.47. The molecule has 2 fully saturated rings. The summed E-state index contributed by atoms with van der Waals surface area (Å²) in [5.41, 5.74) is -2.84. The zero-order chi connectivity index (χ0) is 21.6. The van der Waals surface area contributed by atoms with Crippen LogP contribution < -0.4 is 0 Å². The third-order valence-electron chi connectivity index (χ3n) is 7.95. The van der Waals surface area contributed by atoms with Crippen LogP contribution in [0.3, 0.4) is 0 Å². The highest BCUT2D eigenvalue weighted by Gasteiger charge is 2.64. The summed E-state index contributed by atoms with van der Waals surface area (Å²) >= 11 is 0. The molecule has 2 saturated carbocycles. The molecule has 29 heavy (non-hydrogen) atoms. The highest BCUT2D eigenvalue weighted by atomic mass is 16.5. The van der Waals surface area contributed by atoms with Crippen molar-refractivity contribution in [2.24, 2.45) is 34.0 Å². The first kappa shape index (κ1) is 21.5. The second kappa shape index (κ2) is 7.26. The topological polar surface area (TPSA) is 96.0 Å². The molecule has 3 rings (SSSR count). The quantitative estimate of drug-likeness (QED) is 0.307. The lowest BCUT2D eigenvalue weighted by Gasteiger charge is -2.58. The van der Waals surface area contributed by atoms with Crippen molar-refractivity contribution in [3.05, 3.63) is 12.2 Å². The standard InChI is InChI=1S/C22H30O7/c1-20-10-9-16(23)21(2,17(24)27-3)15(20)7-6-13-12-22(18(25)28-4,19(26)29-5)11-8-14(13)20/h6-7,13-15H,8-12H2,1-5H3/t13-,14-,15-,20-,21-/m1/s1. The van der Waals surface area contributed by atoms with Crippen molar-refractivity contribution >= 4 is 23.7 Å². The number of allylic oxidation sites excluding steroid dienone is 2. The van der Waals surface area contributed by atoms with Gasteiger partial charge in [-0.15, -0.1) is 0 Å². The Morgan fingerprint density at radius 3 is 2.07 bits per heavy atom. The molecule has 0 heterocycles. The molecule has 7 heteroatoms. The number of fused-ring (bicyclic) bond motifs is 3. The summed E-state index contributed by atoms with van der Waals surface area (Å²) in [4.78, 5) is 50.5. The molecule has 0 unspecified atom stereocenters. The van der Waals surface area contributed by atoms with Crippen molar-refractivity contribution in [2.45, 2.75) is 46.0 Å². The molecule has 0 saturated heterocycles. The molecule has 5 atom stereocenters. The van der Waals surface area contributed by atoms with Crippen LogP contribution >= 0.6 is 0 Å². The number of ether oxygens (including phenoxy) is 3. The highest BCUT2D eigenvalue weighted by molar-refractivity contribution is 6.05. The van der Waals surface area contributed by atoms with Gasteiger partial charge in [0.05, 0.1) is 21.3 Å². The van der Waals surface area contributed by atoms with E-state index in [0.717, 1.165) is 0 Å². The average Bonchev–Trinajstić information content (AvgIpc) is 2.74. The van der Waals surface area contributed by atoms with Crippen LogP contribution in [0.4, 0.5) is 0 Å². The summed E-state index contributed by atoms with van der Waals surface area (Å²) in [7, 11) is 3.87. The van der Waals surface area contributed by atoms with Crippen LogP contribution in [0, 0.1) is 34.0 Å². The molecule has 3 aliphatic carbocycles. The summed E-state index contributed by atoms with van der Waals surface area (Å²) < 4.78 is 14.9. The summed E-state index contributed by atoms with van der Waals surface area (Å²) in [6.45, 7) is 3.81. The average molecular weight is 406 g/mol. The predicted molar refractivity (Wildman–Crippen MR) is 102 cm³/mol. The Hall–Kier alpha value is -2.18. The van der Waals surface area contributed by atoms with Crippen LogP contribution in [0.2, 0.25) is 0 Å². The van der Waals surface area contributed by atoms with E-state index in [-0.39, 0.29) is 29.0 Å². The van der Waals surface area contributed by atoms with Gasteiger partial charge in [0.2, 0.25) is 0 Å². The Kier molecular flexibility index (Phi) is 5.39. The number of esters is 3. The fourth-order valence-corrected chi connectivity index (χ4v) is 6.29. The number of hydrogen-bond donors (Lipinski definition) is 0.